The monoisotopic (exact) mass is 412 g/mol. The Kier molecular flexibility index (Phi) is 14.6. The molecule has 0 aromatic heterocycles. The van der Waals surface area contributed by atoms with Gasteiger partial charge in [-0.15, -0.1) is 0 Å². The van der Waals surface area contributed by atoms with E-state index >= 15 is 0 Å². The van der Waals surface area contributed by atoms with E-state index in [4.69, 9.17) is 15.0 Å². The van der Waals surface area contributed by atoms with Gasteiger partial charge in [0.25, 0.3) is 0 Å². The van der Waals surface area contributed by atoms with Crippen LogP contribution in [0.5, 0.6) is 0 Å². The predicted molar refractivity (Wildman–Crippen MR) is 111 cm³/mol. The molecule has 1 aliphatic rings. The number of ether oxygens (including phenoxy) is 2. The predicted octanol–water partition coefficient (Wildman–Crippen LogP) is 2.64. The smallest absolute Gasteiger partial charge is 0.315 e. The van der Waals surface area contributed by atoms with E-state index in [-0.39, 0.29) is 24.0 Å². The standard InChI is InChI=1S/C19H36N6O4/c1-16-17(24-19(27)23-16)8-4-2-5-9-18(26)21-10-6-3-7-12-28-14-15-29-13-11-22-25-20/h16-17H,2-15H2,1H3,(H,21,26)(H2,23,24,27)/t16-,17+/m0/s1. The van der Waals surface area contributed by atoms with E-state index in [1.54, 1.807) is 0 Å². The van der Waals surface area contributed by atoms with Crippen molar-refractivity contribution < 1.29 is 19.1 Å². The van der Waals surface area contributed by atoms with Gasteiger partial charge in [-0.2, -0.15) is 0 Å². The molecule has 166 valence electrons. The Hall–Kier alpha value is -2.03. The highest BCUT2D eigenvalue weighted by Crippen LogP contribution is 2.11. The number of unbranched alkanes of at least 4 members (excludes halogenated alkanes) is 4. The minimum atomic E-state index is -0.0821. The number of hydrogen-bond donors (Lipinski definition) is 3. The molecule has 29 heavy (non-hydrogen) atoms. The quantitative estimate of drug-likeness (QED) is 0.138. The molecule has 3 amide bonds. The summed E-state index contributed by atoms with van der Waals surface area (Å²) >= 11 is 0. The maximum atomic E-state index is 11.8. The molecule has 0 aromatic carbocycles. The summed E-state index contributed by atoms with van der Waals surface area (Å²) < 4.78 is 10.7. The molecule has 0 radical (unpaired) electrons. The lowest BCUT2D eigenvalue weighted by Crippen LogP contribution is -2.30. The van der Waals surface area contributed by atoms with Crippen LogP contribution in [-0.4, -0.2) is 63.5 Å². The van der Waals surface area contributed by atoms with Crippen molar-refractivity contribution in [2.24, 2.45) is 5.11 Å². The Morgan fingerprint density at radius 3 is 2.55 bits per heavy atom. The average Bonchev–Trinajstić information content (AvgIpc) is 3.02. The second-order valence-corrected chi connectivity index (χ2v) is 7.20. The molecule has 0 unspecified atom stereocenters. The summed E-state index contributed by atoms with van der Waals surface area (Å²) in [6.07, 6.45) is 7.33. The van der Waals surface area contributed by atoms with Crippen molar-refractivity contribution in [1.29, 1.82) is 0 Å². The highest BCUT2D eigenvalue weighted by atomic mass is 16.5. The van der Waals surface area contributed by atoms with E-state index in [0.29, 0.717) is 45.9 Å². The van der Waals surface area contributed by atoms with Gasteiger partial charge in [-0.1, -0.05) is 18.0 Å². The molecule has 1 rings (SSSR count). The average molecular weight is 413 g/mol. The fraction of sp³-hybridized carbons (Fsp3) is 0.895. The SMILES string of the molecule is C[C@@H]1NC(=O)N[C@@H]1CCCCCC(=O)NCCCCCOCCOCCN=[N+]=[N-]. The second kappa shape index (κ2) is 16.9. The Labute approximate surface area is 173 Å². The van der Waals surface area contributed by atoms with Gasteiger partial charge in [0.1, 0.15) is 0 Å². The maximum absolute atomic E-state index is 11.8. The lowest BCUT2D eigenvalue weighted by Gasteiger charge is -2.13. The minimum Gasteiger partial charge on any atom is -0.379 e. The molecule has 0 spiro atoms. The molecule has 1 fully saturated rings. The van der Waals surface area contributed by atoms with E-state index in [2.05, 4.69) is 26.0 Å². The van der Waals surface area contributed by atoms with Gasteiger partial charge in [0, 0.05) is 37.1 Å². The molecular weight excluding hydrogens is 376 g/mol. The third-order valence-corrected chi connectivity index (χ3v) is 4.76. The summed E-state index contributed by atoms with van der Waals surface area (Å²) in [5.41, 5.74) is 8.11. The van der Waals surface area contributed by atoms with Crippen LogP contribution in [0.15, 0.2) is 5.11 Å². The Morgan fingerprint density at radius 2 is 1.83 bits per heavy atom. The van der Waals surface area contributed by atoms with Crippen molar-refractivity contribution in [3.05, 3.63) is 10.4 Å². The summed E-state index contributed by atoms with van der Waals surface area (Å²) in [6.45, 7) is 5.20. The van der Waals surface area contributed by atoms with Crippen molar-refractivity contribution in [3.63, 3.8) is 0 Å². The number of carbonyl (C=O) groups is 2. The van der Waals surface area contributed by atoms with E-state index < -0.39 is 0 Å². The highest BCUT2D eigenvalue weighted by Gasteiger charge is 2.26. The molecule has 0 aromatic rings. The molecular formula is C19H36N6O4. The van der Waals surface area contributed by atoms with Gasteiger partial charge < -0.3 is 25.4 Å². The van der Waals surface area contributed by atoms with E-state index in [1.807, 2.05) is 6.92 Å². The van der Waals surface area contributed by atoms with E-state index in [1.165, 1.54) is 0 Å². The number of rotatable bonds is 18. The van der Waals surface area contributed by atoms with Crippen molar-refractivity contribution in [2.45, 2.75) is 70.4 Å². The fourth-order valence-electron chi connectivity index (χ4n) is 3.09. The number of azide groups is 1. The molecule has 2 atom stereocenters. The van der Waals surface area contributed by atoms with Gasteiger partial charge in [0.05, 0.1) is 25.9 Å². The summed E-state index contributed by atoms with van der Waals surface area (Å²) in [7, 11) is 0. The number of amides is 3. The molecule has 1 heterocycles. The lowest BCUT2D eigenvalue weighted by molar-refractivity contribution is -0.121. The first-order chi connectivity index (χ1) is 14.1. The summed E-state index contributed by atoms with van der Waals surface area (Å²) in [4.78, 5) is 25.7. The first-order valence-corrected chi connectivity index (χ1v) is 10.6. The van der Waals surface area contributed by atoms with Crippen LogP contribution < -0.4 is 16.0 Å². The van der Waals surface area contributed by atoms with Crippen molar-refractivity contribution in [3.8, 4) is 0 Å². The van der Waals surface area contributed by atoms with Gasteiger partial charge >= 0.3 is 6.03 Å². The molecule has 10 heteroatoms. The number of nitrogens with zero attached hydrogens (tertiary/aromatic N) is 3. The molecule has 0 bridgehead atoms. The van der Waals surface area contributed by atoms with Crippen LogP contribution in [0.25, 0.3) is 10.4 Å². The fourth-order valence-corrected chi connectivity index (χ4v) is 3.09. The zero-order chi connectivity index (χ0) is 21.2. The maximum Gasteiger partial charge on any atom is 0.315 e. The van der Waals surface area contributed by atoms with E-state index in [0.717, 1.165) is 44.9 Å². The molecule has 0 aliphatic carbocycles. The number of urea groups is 1. The van der Waals surface area contributed by atoms with Crippen LogP contribution in [0.1, 0.15) is 58.3 Å². The highest BCUT2D eigenvalue weighted by molar-refractivity contribution is 5.77. The lowest BCUT2D eigenvalue weighted by atomic mass is 10.0. The van der Waals surface area contributed by atoms with Gasteiger partial charge in [0.15, 0.2) is 0 Å². The molecule has 3 N–H and O–H groups in total. The molecule has 10 nitrogen and oxygen atoms in total. The zero-order valence-corrected chi connectivity index (χ0v) is 17.5. The van der Waals surface area contributed by atoms with Gasteiger partial charge in [-0.25, -0.2) is 4.79 Å². The largest absolute Gasteiger partial charge is 0.379 e. The first kappa shape index (κ1) is 25.0. The Morgan fingerprint density at radius 1 is 1.07 bits per heavy atom. The third kappa shape index (κ3) is 13.7. The summed E-state index contributed by atoms with van der Waals surface area (Å²) in [6, 6.07) is 0.304. The first-order valence-electron chi connectivity index (χ1n) is 10.6. The van der Waals surface area contributed by atoms with Crippen molar-refractivity contribution >= 4 is 11.9 Å². The van der Waals surface area contributed by atoms with Gasteiger partial charge in [-0.3, -0.25) is 4.79 Å². The summed E-state index contributed by atoms with van der Waals surface area (Å²) in [5.74, 6) is 0.114. The number of nitrogens with one attached hydrogen (secondary N) is 3. The van der Waals surface area contributed by atoms with Gasteiger partial charge in [-0.05, 0) is 44.6 Å². The number of hydrogen-bond acceptors (Lipinski definition) is 5. The third-order valence-electron chi connectivity index (χ3n) is 4.76. The van der Waals surface area contributed by atoms with Crippen molar-refractivity contribution in [2.75, 3.05) is 39.5 Å². The van der Waals surface area contributed by atoms with Crippen LogP contribution in [0.4, 0.5) is 4.79 Å². The topological polar surface area (TPSA) is 137 Å². The van der Waals surface area contributed by atoms with Crippen LogP contribution in [0, 0.1) is 0 Å². The van der Waals surface area contributed by atoms with Crippen LogP contribution >= 0.6 is 0 Å². The molecule has 1 saturated heterocycles. The molecule has 0 saturated carbocycles. The van der Waals surface area contributed by atoms with Crippen LogP contribution in [0.2, 0.25) is 0 Å². The van der Waals surface area contributed by atoms with Crippen LogP contribution in [-0.2, 0) is 14.3 Å². The number of carbonyl (C=O) groups excluding carboxylic acids is 2. The zero-order valence-electron chi connectivity index (χ0n) is 17.5. The minimum absolute atomic E-state index is 0.0821. The van der Waals surface area contributed by atoms with E-state index in [9.17, 15) is 9.59 Å². The van der Waals surface area contributed by atoms with Gasteiger partial charge in [0.2, 0.25) is 5.91 Å². The summed E-state index contributed by atoms with van der Waals surface area (Å²) in [5, 5.41) is 12.1. The normalized spacial score (nSPS) is 18.0. The molecule has 1 aliphatic heterocycles. The second-order valence-electron chi connectivity index (χ2n) is 7.20. The Balaban J connectivity index is 1.79. The van der Waals surface area contributed by atoms with Crippen LogP contribution in [0.3, 0.4) is 0 Å². The Bertz CT molecular complexity index is 513. The van der Waals surface area contributed by atoms with Crippen molar-refractivity contribution in [1.82, 2.24) is 16.0 Å².